The summed E-state index contributed by atoms with van der Waals surface area (Å²) in [6.07, 6.45) is 0. The average Bonchev–Trinajstić information content (AvgIpc) is 2.16. The third-order valence-electron chi connectivity index (χ3n) is 3.07. The van der Waals surface area contributed by atoms with Crippen LogP contribution in [0.4, 0.5) is 0 Å². The normalized spacial score (nSPS) is 10.4. The molecular formula is C11H19LiSi. The van der Waals surface area contributed by atoms with E-state index in [1.54, 1.807) is 16.3 Å². The largest absolute Gasteiger partial charge is 1.00 e. The van der Waals surface area contributed by atoms with E-state index in [4.69, 9.17) is 0 Å². The van der Waals surface area contributed by atoms with Gasteiger partial charge in [-0.3, -0.25) is 0 Å². The molecule has 0 spiro atoms. The molecule has 1 aromatic carbocycles. The van der Waals surface area contributed by atoms with E-state index in [2.05, 4.69) is 40.8 Å². The van der Waals surface area contributed by atoms with Gasteiger partial charge in [-0.05, 0) is 0 Å². The summed E-state index contributed by atoms with van der Waals surface area (Å²) in [5, 5.41) is 1.70. The third-order valence-corrected chi connectivity index (χ3v) is 5.09. The maximum absolute atomic E-state index is 2.41. The molecule has 0 fully saturated rings. The fraction of sp³-hybridized carbons (Fsp3) is 0.545. The van der Waals surface area contributed by atoms with Gasteiger partial charge < -0.3 is 0 Å². The minimum atomic E-state index is -0.615. The SMILES string of the molecule is Cc1c(C)c(C)[c-]([SiH](C)C)c1C.[Li+]. The Balaban J connectivity index is 0.00000144. The zero-order chi connectivity index (χ0) is 9.46. The quantitative estimate of drug-likeness (QED) is 0.403. The fourth-order valence-electron chi connectivity index (χ4n) is 2.11. The summed E-state index contributed by atoms with van der Waals surface area (Å²) in [6, 6.07) is 0. The van der Waals surface area contributed by atoms with Gasteiger partial charge in [-0.1, -0.05) is 40.8 Å². The molecule has 68 valence electrons. The molecule has 0 radical (unpaired) electrons. The van der Waals surface area contributed by atoms with E-state index in [1.165, 1.54) is 11.1 Å². The Morgan fingerprint density at radius 2 is 1.15 bits per heavy atom. The molecule has 0 bridgehead atoms. The minimum Gasteiger partial charge on any atom is -0.196 e. The molecular weight excluding hydrogens is 167 g/mol. The van der Waals surface area contributed by atoms with Gasteiger partial charge in [-0.25, -0.2) is 0 Å². The van der Waals surface area contributed by atoms with Crippen molar-refractivity contribution in [1.29, 1.82) is 0 Å². The van der Waals surface area contributed by atoms with Gasteiger partial charge in [0.15, 0.2) is 0 Å². The number of hydrogen-bond acceptors (Lipinski definition) is 0. The van der Waals surface area contributed by atoms with E-state index in [1.807, 2.05) is 0 Å². The van der Waals surface area contributed by atoms with Gasteiger partial charge in [0.25, 0.3) is 0 Å². The molecule has 2 heteroatoms. The predicted octanol–water partition coefficient (Wildman–Crippen LogP) is -0.663. The second-order valence-electron chi connectivity index (χ2n) is 4.07. The maximum atomic E-state index is 2.41. The first kappa shape index (κ1) is 13.2. The molecule has 0 atom stereocenters. The number of hydrogen-bond donors (Lipinski definition) is 0. The molecule has 0 saturated heterocycles. The molecule has 0 amide bonds. The van der Waals surface area contributed by atoms with Crippen molar-refractivity contribution in [3.63, 3.8) is 0 Å². The minimum absolute atomic E-state index is 0. The summed E-state index contributed by atoms with van der Waals surface area (Å²) in [7, 11) is -0.615. The van der Waals surface area contributed by atoms with Gasteiger partial charge in [-0.15, -0.1) is 0 Å². The number of rotatable bonds is 1. The first-order chi connectivity index (χ1) is 5.46. The molecule has 13 heavy (non-hydrogen) atoms. The zero-order valence-corrected chi connectivity index (χ0v) is 11.2. The summed E-state index contributed by atoms with van der Waals surface area (Å²) in [5.74, 6) is 0. The van der Waals surface area contributed by atoms with Gasteiger partial charge in [0.1, 0.15) is 0 Å². The van der Waals surface area contributed by atoms with Crippen molar-refractivity contribution in [3.05, 3.63) is 22.3 Å². The van der Waals surface area contributed by atoms with Crippen LogP contribution in [0.1, 0.15) is 22.3 Å². The average molecular weight is 186 g/mol. The van der Waals surface area contributed by atoms with Crippen molar-refractivity contribution in [3.8, 4) is 0 Å². The molecule has 0 saturated carbocycles. The third kappa shape index (κ3) is 2.15. The van der Waals surface area contributed by atoms with Gasteiger partial charge in [0.2, 0.25) is 0 Å². The van der Waals surface area contributed by atoms with Crippen molar-refractivity contribution in [1.82, 2.24) is 0 Å². The van der Waals surface area contributed by atoms with Gasteiger partial charge in [-0.2, -0.15) is 27.4 Å². The van der Waals surface area contributed by atoms with Crippen molar-refractivity contribution < 1.29 is 18.9 Å². The monoisotopic (exact) mass is 186 g/mol. The van der Waals surface area contributed by atoms with E-state index in [-0.39, 0.29) is 18.9 Å². The van der Waals surface area contributed by atoms with E-state index in [0.717, 1.165) is 0 Å². The standard InChI is InChI=1S/C11H19Si.Li/c1-7-8(2)10(4)11(9(7)3)12(5)6;/h12H,1-6H3;/q-1;+1. The molecule has 1 rings (SSSR count). The molecule has 0 aliphatic carbocycles. The van der Waals surface area contributed by atoms with Crippen molar-refractivity contribution in [2.75, 3.05) is 0 Å². The summed E-state index contributed by atoms with van der Waals surface area (Å²) >= 11 is 0. The van der Waals surface area contributed by atoms with Crippen molar-refractivity contribution in [2.24, 2.45) is 0 Å². The predicted molar refractivity (Wildman–Crippen MR) is 59.5 cm³/mol. The van der Waals surface area contributed by atoms with Crippen LogP contribution in [0.3, 0.4) is 0 Å². The smallest absolute Gasteiger partial charge is 0.196 e. The zero-order valence-electron chi connectivity index (χ0n) is 10.1. The van der Waals surface area contributed by atoms with Crippen LogP contribution in [-0.4, -0.2) is 8.80 Å². The summed E-state index contributed by atoms with van der Waals surface area (Å²) in [5.41, 5.74) is 6.16. The fourth-order valence-corrected chi connectivity index (χ4v) is 4.28. The molecule has 0 N–H and O–H groups in total. The van der Waals surface area contributed by atoms with Crippen LogP contribution < -0.4 is 24.0 Å². The first-order valence-electron chi connectivity index (χ1n) is 4.69. The van der Waals surface area contributed by atoms with E-state index < -0.39 is 8.80 Å². The summed E-state index contributed by atoms with van der Waals surface area (Å²) < 4.78 is 0. The van der Waals surface area contributed by atoms with E-state index in [9.17, 15) is 0 Å². The molecule has 0 aliphatic rings. The molecule has 0 aromatic heterocycles. The Morgan fingerprint density at radius 3 is 1.31 bits per heavy atom. The van der Waals surface area contributed by atoms with Gasteiger partial charge >= 0.3 is 18.9 Å². The van der Waals surface area contributed by atoms with E-state index in [0.29, 0.717) is 0 Å². The van der Waals surface area contributed by atoms with Gasteiger partial charge in [0.05, 0.1) is 0 Å². The van der Waals surface area contributed by atoms with Crippen LogP contribution in [0.15, 0.2) is 0 Å². The Kier molecular flexibility index (Phi) is 4.65. The van der Waals surface area contributed by atoms with Crippen LogP contribution in [0.5, 0.6) is 0 Å². The van der Waals surface area contributed by atoms with Crippen LogP contribution in [-0.2, 0) is 0 Å². The Bertz CT molecular complexity index is 272. The van der Waals surface area contributed by atoms with Crippen molar-refractivity contribution in [2.45, 2.75) is 40.8 Å². The van der Waals surface area contributed by atoms with Crippen LogP contribution in [0.2, 0.25) is 13.1 Å². The molecule has 0 unspecified atom stereocenters. The van der Waals surface area contributed by atoms with Gasteiger partial charge in [0, 0.05) is 8.80 Å². The Hall–Kier alpha value is 0.164. The Labute approximate surface area is 95.9 Å². The maximum Gasteiger partial charge on any atom is 1.00 e. The first-order valence-corrected chi connectivity index (χ1v) is 7.58. The topological polar surface area (TPSA) is 0 Å². The molecule has 0 nitrogen and oxygen atoms in total. The second kappa shape index (κ2) is 4.60. The summed E-state index contributed by atoms with van der Waals surface area (Å²) in [6.45, 7) is 13.9. The molecule has 1 aromatic rings. The molecule has 0 aliphatic heterocycles. The molecule has 0 heterocycles. The van der Waals surface area contributed by atoms with Crippen LogP contribution in [0.25, 0.3) is 0 Å². The van der Waals surface area contributed by atoms with E-state index >= 15 is 0 Å². The Morgan fingerprint density at radius 1 is 0.846 bits per heavy atom. The summed E-state index contributed by atoms with van der Waals surface area (Å²) in [4.78, 5) is 0. The van der Waals surface area contributed by atoms with Crippen LogP contribution in [0, 0.1) is 27.7 Å². The van der Waals surface area contributed by atoms with Crippen LogP contribution >= 0.6 is 0 Å². The van der Waals surface area contributed by atoms with Crippen molar-refractivity contribution >= 4 is 14.0 Å². The second-order valence-corrected chi connectivity index (χ2v) is 6.96.